The largest absolute Gasteiger partial charge is 0.497 e. The van der Waals surface area contributed by atoms with Gasteiger partial charge in [0.05, 0.1) is 37.1 Å². The third-order valence-corrected chi connectivity index (χ3v) is 7.80. The van der Waals surface area contributed by atoms with Crippen LogP contribution in [0, 0.1) is 0 Å². The zero-order chi connectivity index (χ0) is 25.8. The molecule has 2 fully saturated rings. The van der Waals surface area contributed by atoms with Gasteiger partial charge in [-0.25, -0.2) is 0 Å². The summed E-state index contributed by atoms with van der Waals surface area (Å²) in [5.41, 5.74) is 3.71. The van der Waals surface area contributed by atoms with Crippen LogP contribution in [0.1, 0.15) is 54.9 Å². The molecule has 1 spiro atoms. The zero-order valence-electron chi connectivity index (χ0n) is 22.1. The molecule has 0 saturated carbocycles. The van der Waals surface area contributed by atoms with E-state index in [1.807, 2.05) is 36.1 Å². The average Bonchev–Trinajstić information content (AvgIpc) is 3.41. The van der Waals surface area contributed by atoms with Crippen LogP contribution in [-0.2, 0) is 9.47 Å². The Hall–Kier alpha value is -3.16. The maximum atomic E-state index is 14.0. The molecule has 0 aliphatic carbocycles. The Morgan fingerprint density at radius 1 is 1.14 bits per heavy atom. The smallest absolute Gasteiger partial charge is 0.257 e. The number of nitrogens with zero attached hydrogens (tertiary/aromatic N) is 3. The Morgan fingerprint density at radius 3 is 2.54 bits per heavy atom. The van der Waals surface area contributed by atoms with Gasteiger partial charge < -0.3 is 24.0 Å². The van der Waals surface area contributed by atoms with Crippen molar-refractivity contribution in [3.05, 3.63) is 65.9 Å². The molecular weight excluding hydrogens is 466 g/mol. The first-order chi connectivity index (χ1) is 18.0. The van der Waals surface area contributed by atoms with Crippen molar-refractivity contribution in [2.24, 2.45) is 0 Å². The fraction of sp³-hybridized carbons (Fsp3) is 0.467. The van der Waals surface area contributed by atoms with Gasteiger partial charge >= 0.3 is 0 Å². The summed E-state index contributed by atoms with van der Waals surface area (Å²) < 4.78 is 17.4. The summed E-state index contributed by atoms with van der Waals surface area (Å²) >= 11 is 0. The molecule has 2 aromatic carbocycles. The Labute approximate surface area is 219 Å². The van der Waals surface area contributed by atoms with E-state index < -0.39 is 5.79 Å². The quantitative estimate of drug-likeness (QED) is 0.419. The molecule has 1 unspecified atom stereocenters. The maximum absolute atomic E-state index is 14.0. The normalized spacial score (nSPS) is 17.8. The summed E-state index contributed by atoms with van der Waals surface area (Å²) in [7, 11) is 1.66. The highest BCUT2D eigenvalue weighted by Crippen LogP contribution is 2.38. The third-order valence-electron chi connectivity index (χ3n) is 7.80. The van der Waals surface area contributed by atoms with Gasteiger partial charge in [-0.2, -0.15) is 0 Å². The van der Waals surface area contributed by atoms with Crippen molar-refractivity contribution in [2.45, 2.75) is 44.8 Å². The lowest BCUT2D eigenvalue weighted by Gasteiger charge is -2.40. The van der Waals surface area contributed by atoms with Crippen LogP contribution < -0.4 is 9.64 Å². The second kappa shape index (κ2) is 11.1. The van der Waals surface area contributed by atoms with E-state index in [0.717, 1.165) is 54.7 Å². The van der Waals surface area contributed by atoms with Crippen LogP contribution in [0.4, 0.5) is 5.69 Å². The highest BCUT2D eigenvalue weighted by molar-refractivity contribution is 6.07. The number of methoxy groups -OCH3 is 1. The number of pyridine rings is 1. The number of rotatable bonds is 8. The van der Waals surface area contributed by atoms with Gasteiger partial charge in [-0.1, -0.05) is 37.3 Å². The molecule has 7 nitrogen and oxygen atoms in total. The fourth-order valence-corrected chi connectivity index (χ4v) is 5.51. The predicted molar refractivity (Wildman–Crippen MR) is 145 cm³/mol. The minimum absolute atomic E-state index is 0.0173. The van der Waals surface area contributed by atoms with E-state index in [-0.39, 0.29) is 5.91 Å². The molecule has 7 heteroatoms. The van der Waals surface area contributed by atoms with E-state index in [9.17, 15) is 4.79 Å². The molecule has 196 valence electrons. The van der Waals surface area contributed by atoms with Crippen molar-refractivity contribution in [3.8, 4) is 5.75 Å². The molecule has 1 atom stereocenters. The van der Waals surface area contributed by atoms with E-state index in [0.29, 0.717) is 37.8 Å². The standard InChI is InChI=1S/C30H37N3O4/c1-4-32(15-12-22(2)23-8-6-5-7-9-23)29(34)26-21-31-27-11-10-24(35-3)20-25(27)28(26)33-16-13-30(14-17-33)36-18-19-37-30/h5-11,20-22H,4,12-19H2,1-3H3. The van der Waals surface area contributed by atoms with Crippen molar-refractivity contribution >= 4 is 22.5 Å². The molecule has 0 radical (unpaired) electrons. The number of hydrogen-bond donors (Lipinski definition) is 0. The van der Waals surface area contributed by atoms with E-state index in [2.05, 4.69) is 41.1 Å². The molecule has 2 saturated heterocycles. The van der Waals surface area contributed by atoms with Crippen LogP contribution >= 0.6 is 0 Å². The predicted octanol–water partition coefficient (Wildman–Crippen LogP) is 5.24. The number of hydrogen-bond acceptors (Lipinski definition) is 6. The summed E-state index contributed by atoms with van der Waals surface area (Å²) in [5.74, 6) is 0.652. The monoisotopic (exact) mass is 503 g/mol. The highest BCUT2D eigenvalue weighted by Gasteiger charge is 2.40. The van der Waals surface area contributed by atoms with Crippen LogP contribution in [0.5, 0.6) is 5.75 Å². The Morgan fingerprint density at radius 2 is 1.86 bits per heavy atom. The van der Waals surface area contributed by atoms with E-state index in [1.54, 1.807) is 13.3 Å². The second-order valence-electron chi connectivity index (χ2n) is 9.98. The van der Waals surface area contributed by atoms with Gasteiger partial charge in [-0.3, -0.25) is 9.78 Å². The summed E-state index contributed by atoms with van der Waals surface area (Å²) in [6, 6.07) is 16.4. The summed E-state index contributed by atoms with van der Waals surface area (Å²) in [6.45, 7) is 8.37. The van der Waals surface area contributed by atoms with Crippen molar-refractivity contribution in [3.63, 3.8) is 0 Å². The minimum atomic E-state index is -0.482. The van der Waals surface area contributed by atoms with E-state index >= 15 is 0 Å². The molecular formula is C30H37N3O4. The minimum Gasteiger partial charge on any atom is -0.497 e. The summed E-state index contributed by atoms with van der Waals surface area (Å²) in [5, 5.41) is 0.933. The number of carbonyl (C=O) groups is 1. The molecule has 1 amide bonds. The van der Waals surface area contributed by atoms with Crippen molar-refractivity contribution in [2.75, 3.05) is 51.4 Å². The molecule has 2 aliphatic heterocycles. The number of amides is 1. The molecule has 2 aliphatic rings. The molecule has 0 N–H and O–H groups in total. The van der Waals surface area contributed by atoms with Gasteiger partial charge in [-0.05, 0) is 43.0 Å². The number of fused-ring (bicyclic) bond motifs is 1. The van der Waals surface area contributed by atoms with Gasteiger partial charge in [0.15, 0.2) is 5.79 Å². The maximum Gasteiger partial charge on any atom is 0.257 e. The lowest BCUT2D eigenvalue weighted by atomic mass is 9.97. The number of carbonyl (C=O) groups excluding carboxylic acids is 1. The highest BCUT2D eigenvalue weighted by atomic mass is 16.7. The van der Waals surface area contributed by atoms with Crippen molar-refractivity contribution in [1.29, 1.82) is 0 Å². The zero-order valence-corrected chi connectivity index (χ0v) is 22.1. The SMILES string of the molecule is CCN(CCC(C)c1ccccc1)C(=O)c1cnc2ccc(OC)cc2c1N1CCC2(CC1)OCCO2. The Balaban J connectivity index is 1.44. The lowest BCUT2D eigenvalue weighted by Crippen LogP contribution is -2.46. The molecule has 0 bridgehead atoms. The first-order valence-electron chi connectivity index (χ1n) is 13.4. The number of anilines is 1. The molecule has 1 aromatic heterocycles. The first-order valence-corrected chi connectivity index (χ1v) is 13.4. The number of piperidine rings is 1. The molecule has 3 aromatic rings. The van der Waals surface area contributed by atoms with Gasteiger partial charge in [0.2, 0.25) is 0 Å². The lowest BCUT2D eigenvalue weighted by molar-refractivity contribution is -0.169. The number of benzene rings is 2. The van der Waals surface area contributed by atoms with E-state index in [1.165, 1.54) is 5.56 Å². The average molecular weight is 504 g/mol. The third kappa shape index (κ3) is 5.29. The van der Waals surface area contributed by atoms with Crippen LogP contribution in [0.15, 0.2) is 54.7 Å². The molecule has 3 heterocycles. The number of ether oxygens (including phenoxy) is 3. The summed E-state index contributed by atoms with van der Waals surface area (Å²) in [4.78, 5) is 22.9. The van der Waals surface area contributed by atoms with Crippen LogP contribution in [0.25, 0.3) is 10.9 Å². The first kappa shape index (κ1) is 25.5. The Bertz CT molecular complexity index is 1220. The van der Waals surface area contributed by atoms with Gasteiger partial charge in [0, 0.05) is 50.6 Å². The fourth-order valence-electron chi connectivity index (χ4n) is 5.51. The van der Waals surface area contributed by atoms with Gasteiger partial charge in [0.25, 0.3) is 5.91 Å². The van der Waals surface area contributed by atoms with Crippen molar-refractivity contribution < 1.29 is 19.0 Å². The van der Waals surface area contributed by atoms with Crippen molar-refractivity contribution in [1.82, 2.24) is 9.88 Å². The topological polar surface area (TPSA) is 64.1 Å². The van der Waals surface area contributed by atoms with Crippen LogP contribution in [-0.4, -0.2) is 68.1 Å². The van der Waals surface area contributed by atoms with Gasteiger partial charge in [0.1, 0.15) is 5.75 Å². The van der Waals surface area contributed by atoms with Crippen LogP contribution in [0.3, 0.4) is 0 Å². The van der Waals surface area contributed by atoms with Crippen LogP contribution in [0.2, 0.25) is 0 Å². The van der Waals surface area contributed by atoms with E-state index in [4.69, 9.17) is 14.2 Å². The van der Waals surface area contributed by atoms with Gasteiger partial charge in [-0.15, -0.1) is 0 Å². The second-order valence-corrected chi connectivity index (χ2v) is 9.98. The molecule has 5 rings (SSSR count). The summed E-state index contributed by atoms with van der Waals surface area (Å²) in [6.07, 6.45) is 4.18. The Kier molecular flexibility index (Phi) is 7.63. The number of aromatic nitrogens is 1. The molecule has 37 heavy (non-hydrogen) atoms.